The SMILES string of the molecule is C[C@H]1C(=O)N(c2ccc(Oc3ccccc3)cc2)CCN1Cc1ccc(F)cc1. The van der Waals surface area contributed by atoms with Gasteiger partial charge >= 0.3 is 0 Å². The maximum atomic E-state index is 13.1. The van der Waals surface area contributed by atoms with Crippen molar-refractivity contribution in [2.45, 2.75) is 19.5 Å². The third kappa shape index (κ3) is 4.46. The molecular formula is C24H23FN2O2. The number of piperazine rings is 1. The summed E-state index contributed by atoms with van der Waals surface area (Å²) >= 11 is 0. The largest absolute Gasteiger partial charge is 0.457 e. The molecular weight excluding hydrogens is 367 g/mol. The van der Waals surface area contributed by atoms with Crippen LogP contribution >= 0.6 is 0 Å². The second-order valence-electron chi connectivity index (χ2n) is 7.17. The van der Waals surface area contributed by atoms with E-state index in [1.165, 1.54) is 12.1 Å². The Morgan fingerprint density at radius 3 is 2.24 bits per heavy atom. The maximum Gasteiger partial charge on any atom is 0.244 e. The number of carbonyl (C=O) groups excluding carboxylic acids is 1. The van der Waals surface area contributed by atoms with Gasteiger partial charge in [0.15, 0.2) is 0 Å². The third-order valence-electron chi connectivity index (χ3n) is 5.21. The van der Waals surface area contributed by atoms with Crippen LogP contribution in [0.15, 0.2) is 78.9 Å². The van der Waals surface area contributed by atoms with E-state index in [9.17, 15) is 9.18 Å². The summed E-state index contributed by atoms with van der Waals surface area (Å²) in [6.45, 7) is 3.92. The molecule has 0 bridgehead atoms. The van der Waals surface area contributed by atoms with Crippen LogP contribution in [0.25, 0.3) is 0 Å². The Kier molecular flexibility index (Phi) is 5.58. The third-order valence-corrected chi connectivity index (χ3v) is 5.21. The monoisotopic (exact) mass is 390 g/mol. The fourth-order valence-electron chi connectivity index (χ4n) is 3.53. The van der Waals surface area contributed by atoms with Crippen LogP contribution in [0.3, 0.4) is 0 Å². The molecule has 0 saturated carbocycles. The van der Waals surface area contributed by atoms with Gasteiger partial charge in [-0.1, -0.05) is 30.3 Å². The molecule has 5 heteroatoms. The van der Waals surface area contributed by atoms with Gasteiger partial charge in [0.2, 0.25) is 5.91 Å². The lowest BCUT2D eigenvalue weighted by atomic mass is 10.1. The molecule has 1 aliphatic heterocycles. The first kappa shape index (κ1) is 19.2. The summed E-state index contributed by atoms with van der Waals surface area (Å²) in [5, 5.41) is 0. The Balaban J connectivity index is 1.41. The molecule has 1 atom stereocenters. The lowest BCUT2D eigenvalue weighted by molar-refractivity contribution is -0.125. The molecule has 1 amide bonds. The van der Waals surface area contributed by atoms with Gasteiger partial charge in [-0.3, -0.25) is 9.69 Å². The summed E-state index contributed by atoms with van der Waals surface area (Å²) in [5.74, 6) is 1.33. The Morgan fingerprint density at radius 2 is 1.55 bits per heavy atom. The molecule has 0 spiro atoms. The predicted octanol–water partition coefficient (Wildman–Crippen LogP) is 4.86. The molecule has 1 saturated heterocycles. The molecule has 4 nitrogen and oxygen atoms in total. The van der Waals surface area contributed by atoms with Crippen LogP contribution in [-0.2, 0) is 11.3 Å². The highest BCUT2D eigenvalue weighted by atomic mass is 19.1. The molecule has 148 valence electrons. The van der Waals surface area contributed by atoms with Gasteiger partial charge in [-0.05, 0) is 61.0 Å². The Hall–Kier alpha value is -3.18. The van der Waals surface area contributed by atoms with Crippen molar-refractivity contribution in [1.29, 1.82) is 0 Å². The quantitative estimate of drug-likeness (QED) is 0.624. The molecule has 1 fully saturated rings. The van der Waals surface area contributed by atoms with Crippen LogP contribution in [0, 0.1) is 5.82 Å². The lowest BCUT2D eigenvalue weighted by Crippen LogP contribution is -2.55. The van der Waals surface area contributed by atoms with E-state index >= 15 is 0 Å². The second kappa shape index (κ2) is 8.45. The Morgan fingerprint density at radius 1 is 0.897 bits per heavy atom. The number of nitrogens with zero attached hydrogens (tertiary/aromatic N) is 2. The highest BCUT2D eigenvalue weighted by Gasteiger charge is 2.32. The summed E-state index contributed by atoms with van der Waals surface area (Å²) in [6, 6.07) is 23.4. The average molecular weight is 390 g/mol. The molecule has 1 aliphatic rings. The van der Waals surface area contributed by atoms with Gasteiger partial charge in [0, 0.05) is 25.3 Å². The van der Waals surface area contributed by atoms with Gasteiger partial charge in [-0.2, -0.15) is 0 Å². The van der Waals surface area contributed by atoms with Crippen molar-refractivity contribution in [1.82, 2.24) is 4.90 Å². The van der Waals surface area contributed by atoms with E-state index in [4.69, 9.17) is 4.74 Å². The number of ether oxygens (including phenoxy) is 1. The van der Waals surface area contributed by atoms with E-state index < -0.39 is 0 Å². The minimum absolute atomic E-state index is 0.0649. The molecule has 29 heavy (non-hydrogen) atoms. The summed E-state index contributed by atoms with van der Waals surface area (Å²) in [4.78, 5) is 16.9. The van der Waals surface area contributed by atoms with Gasteiger partial charge in [-0.15, -0.1) is 0 Å². The molecule has 3 aromatic carbocycles. The van der Waals surface area contributed by atoms with E-state index in [1.54, 1.807) is 12.1 Å². The maximum absolute atomic E-state index is 13.1. The summed E-state index contributed by atoms with van der Waals surface area (Å²) in [5.41, 5.74) is 1.87. The summed E-state index contributed by atoms with van der Waals surface area (Å²) in [6.07, 6.45) is 0. The smallest absolute Gasteiger partial charge is 0.244 e. The van der Waals surface area contributed by atoms with E-state index in [-0.39, 0.29) is 17.8 Å². The first-order valence-corrected chi connectivity index (χ1v) is 9.73. The molecule has 0 N–H and O–H groups in total. The van der Waals surface area contributed by atoms with E-state index in [2.05, 4.69) is 4.90 Å². The number of rotatable bonds is 5. The van der Waals surface area contributed by atoms with Crippen molar-refractivity contribution in [2.75, 3.05) is 18.0 Å². The molecule has 0 unspecified atom stereocenters. The summed E-state index contributed by atoms with van der Waals surface area (Å²) in [7, 11) is 0. The van der Waals surface area contributed by atoms with Gasteiger partial charge in [0.1, 0.15) is 17.3 Å². The number of hydrogen-bond acceptors (Lipinski definition) is 3. The molecule has 0 aromatic heterocycles. The van der Waals surface area contributed by atoms with Gasteiger partial charge in [0.25, 0.3) is 0 Å². The van der Waals surface area contributed by atoms with Crippen molar-refractivity contribution in [3.63, 3.8) is 0 Å². The average Bonchev–Trinajstić information content (AvgIpc) is 2.75. The minimum Gasteiger partial charge on any atom is -0.457 e. The number of benzene rings is 3. The van der Waals surface area contributed by atoms with Gasteiger partial charge < -0.3 is 9.64 Å². The number of para-hydroxylation sites is 1. The fraction of sp³-hybridized carbons (Fsp3) is 0.208. The number of amides is 1. The lowest BCUT2D eigenvalue weighted by Gasteiger charge is -2.39. The second-order valence-corrected chi connectivity index (χ2v) is 7.17. The molecule has 0 aliphatic carbocycles. The van der Waals surface area contributed by atoms with E-state index in [0.29, 0.717) is 13.1 Å². The molecule has 3 aromatic rings. The number of halogens is 1. The van der Waals surface area contributed by atoms with E-state index in [1.807, 2.05) is 66.4 Å². The van der Waals surface area contributed by atoms with Gasteiger partial charge in [0.05, 0.1) is 6.04 Å². The van der Waals surface area contributed by atoms with Crippen LogP contribution in [0.1, 0.15) is 12.5 Å². The van der Waals surface area contributed by atoms with Crippen molar-refractivity contribution >= 4 is 11.6 Å². The molecule has 1 heterocycles. The van der Waals surface area contributed by atoms with E-state index in [0.717, 1.165) is 29.3 Å². The highest BCUT2D eigenvalue weighted by molar-refractivity contribution is 5.97. The Bertz CT molecular complexity index is 958. The number of carbonyl (C=O) groups is 1. The highest BCUT2D eigenvalue weighted by Crippen LogP contribution is 2.26. The van der Waals surface area contributed by atoms with Crippen LogP contribution in [0.4, 0.5) is 10.1 Å². The number of anilines is 1. The first-order chi connectivity index (χ1) is 14.1. The standard InChI is InChI=1S/C24H23FN2O2/c1-18-24(28)27(16-15-26(18)17-19-7-9-20(25)10-8-19)21-11-13-23(14-12-21)29-22-5-3-2-4-6-22/h2-14,18H,15-17H2,1H3/t18-/m0/s1. The first-order valence-electron chi connectivity index (χ1n) is 9.73. The number of hydrogen-bond donors (Lipinski definition) is 0. The van der Waals surface area contributed by atoms with Crippen LogP contribution in [-0.4, -0.2) is 29.9 Å². The summed E-state index contributed by atoms with van der Waals surface area (Å²) < 4.78 is 18.9. The van der Waals surface area contributed by atoms with Crippen molar-refractivity contribution in [3.05, 3.63) is 90.2 Å². The van der Waals surface area contributed by atoms with Gasteiger partial charge in [-0.25, -0.2) is 4.39 Å². The predicted molar refractivity (Wildman–Crippen MR) is 112 cm³/mol. The van der Waals surface area contributed by atoms with Crippen LogP contribution in [0.2, 0.25) is 0 Å². The van der Waals surface area contributed by atoms with Crippen LogP contribution in [0.5, 0.6) is 11.5 Å². The van der Waals surface area contributed by atoms with Crippen molar-refractivity contribution in [2.24, 2.45) is 0 Å². The molecule has 0 radical (unpaired) electrons. The minimum atomic E-state index is -0.248. The molecule has 4 rings (SSSR count). The Labute approximate surface area is 170 Å². The normalized spacial score (nSPS) is 17.4. The van der Waals surface area contributed by atoms with Crippen molar-refractivity contribution < 1.29 is 13.9 Å². The zero-order chi connectivity index (χ0) is 20.2. The zero-order valence-corrected chi connectivity index (χ0v) is 16.3. The topological polar surface area (TPSA) is 32.8 Å². The fourth-order valence-corrected chi connectivity index (χ4v) is 3.53. The van der Waals surface area contributed by atoms with Crippen molar-refractivity contribution in [3.8, 4) is 11.5 Å². The van der Waals surface area contributed by atoms with Crippen LogP contribution < -0.4 is 9.64 Å². The zero-order valence-electron chi connectivity index (χ0n) is 16.3.